The van der Waals surface area contributed by atoms with Gasteiger partial charge in [-0.1, -0.05) is 97.9 Å². The van der Waals surface area contributed by atoms with Crippen LogP contribution in [0.4, 0.5) is 0 Å². The van der Waals surface area contributed by atoms with E-state index in [9.17, 15) is 0 Å². The largest absolute Gasteiger partial charge is 0.377 e. The Balaban J connectivity index is 1.54. The summed E-state index contributed by atoms with van der Waals surface area (Å²) in [5.74, 6) is 0. The van der Waals surface area contributed by atoms with E-state index in [1.807, 2.05) is 54.6 Å². The fourth-order valence-corrected chi connectivity index (χ4v) is 3.38. The van der Waals surface area contributed by atoms with Gasteiger partial charge in [-0.15, -0.1) is 0 Å². The molecular formula is C27H32O3. The van der Waals surface area contributed by atoms with Crippen LogP contribution in [0.5, 0.6) is 0 Å². The molecule has 3 aromatic rings. The molecule has 0 aromatic heterocycles. The minimum atomic E-state index is -0.0188. The summed E-state index contributed by atoms with van der Waals surface area (Å²) in [4.78, 5) is 0. The average molecular weight is 405 g/mol. The number of ether oxygens (including phenoxy) is 3. The Morgan fingerprint density at radius 3 is 1.47 bits per heavy atom. The zero-order valence-electron chi connectivity index (χ0n) is 17.8. The van der Waals surface area contributed by atoms with Crippen molar-refractivity contribution in [3.63, 3.8) is 0 Å². The zero-order valence-corrected chi connectivity index (χ0v) is 17.8. The Hall–Kier alpha value is -2.46. The summed E-state index contributed by atoms with van der Waals surface area (Å²) >= 11 is 0. The van der Waals surface area contributed by atoms with Gasteiger partial charge in [-0.25, -0.2) is 0 Å². The molecule has 158 valence electrons. The first kappa shape index (κ1) is 22.2. The van der Waals surface area contributed by atoms with Crippen molar-refractivity contribution in [2.24, 2.45) is 0 Å². The molecule has 30 heavy (non-hydrogen) atoms. The molecule has 3 aromatic carbocycles. The fourth-order valence-electron chi connectivity index (χ4n) is 3.38. The van der Waals surface area contributed by atoms with Crippen molar-refractivity contribution in [1.29, 1.82) is 0 Å². The van der Waals surface area contributed by atoms with Crippen LogP contribution in [-0.4, -0.2) is 18.8 Å². The predicted octanol–water partition coefficient (Wildman–Crippen LogP) is 6.17. The number of benzene rings is 3. The van der Waals surface area contributed by atoms with Gasteiger partial charge < -0.3 is 14.2 Å². The van der Waals surface area contributed by atoms with Crippen molar-refractivity contribution in [3.05, 3.63) is 108 Å². The quantitative estimate of drug-likeness (QED) is 0.319. The zero-order chi connectivity index (χ0) is 20.9. The highest BCUT2D eigenvalue weighted by Gasteiger charge is 2.22. The lowest BCUT2D eigenvalue weighted by molar-refractivity contribution is -0.0974. The molecule has 0 heterocycles. The molecule has 0 spiro atoms. The third-order valence-corrected chi connectivity index (χ3v) is 5.09. The lowest BCUT2D eigenvalue weighted by Crippen LogP contribution is -2.32. The third kappa shape index (κ3) is 7.75. The monoisotopic (exact) mass is 404 g/mol. The minimum absolute atomic E-state index is 0.0188. The van der Waals surface area contributed by atoms with Crippen LogP contribution < -0.4 is 0 Å². The van der Waals surface area contributed by atoms with Crippen molar-refractivity contribution >= 4 is 0 Å². The maximum absolute atomic E-state index is 6.32. The molecule has 0 amide bonds. The highest BCUT2D eigenvalue weighted by molar-refractivity contribution is 5.15. The second-order valence-electron chi connectivity index (χ2n) is 7.41. The maximum atomic E-state index is 6.32. The van der Waals surface area contributed by atoms with Crippen molar-refractivity contribution in [2.45, 2.75) is 51.8 Å². The molecule has 0 fully saturated rings. The fraction of sp³-hybridized carbons (Fsp3) is 0.333. The van der Waals surface area contributed by atoms with Crippen LogP contribution in [0.25, 0.3) is 0 Å². The summed E-state index contributed by atoms with van der Waals surface area (Å²) in [6, 6.07) is 30.8. The van der Waals surface area contributed by atoms with E-state index in [0.29, 0.717) is 26.4 Å². The van der Waals surface area contributed by atoms with Crippen molar-refractivity contribution < 1.29 is 14.2 Å². The molecule has 2 atom stereocenters. The van der Waals surface area contributed by atoms with Crippen molar-refractivity contribution in [1.82, 2.24) is 0 Å². The summed E-state index contributed by atoms with van der Waals surface area (Å²) in [5.41, 5.74) is 3.54. The van der Waals surface area contributed by atoms with E-state index in [0.717, 1.165) is 12.8 Å². The summed E-state index contributed by atoms with van der Waals surface area (Å²) in [7, 11) is 0. The van der Waals surface area contributed by atoms with Crippen molar-refractivity contribution in [2.75, 3.05) is 6.61 Å². The highest BCUT2D eigenvalue weighted by Crippen LogP contribution is 2.17. The summed E-state index contributed by atoms with van der Waals surface area (Å²) in [5, 5.41) is 0. The summed E-state index contributed by atoms with van der Waals surface area (Å²) in [6.07, 6.45) is 1.70. The molecule has 0 aliphatic rings. The highest BCUT2D eigenvalue weighted by atomic mass is 16.5. The Kier molecular flexibility index (Phi) is 9.61. The van der Waals surface area contributed by atoms with Gasteiger partial charge in [-0.2, -0.15) is 0 Å². The first-order valence-corrected chi connectivity index (χ1v) is 10.8. The van der Waals surface area contributed by atoms with Crippen LogP contribution in [0.2, 0.25) is 0 Å². The topological polar surface area (TPSA) is 27.7 Å². The third-order valence-electron chi connectivity index (χ3n) is 5.09. The molecule has 3 rings (SSSR count). The maximum Gasteiger partial charge on any atom is 0.0863 e. The van der Waals surface area contributed by atoms with Gasteiger partial charge in [0.2, 0.25) is 0 Å². The van der Waals surface area contributed by atoms with Gasteiger partial charge in [0.05, 0.1) is 32.0 Å². The Morgan fingerprint density at radius 1 is 0.567 bits per heavy atom. The van der Waals surface area contributed by atoms with Gasteiger partial charge >= 0.3 is 0 Å². The SMILES string of the molecule is CCC(OCc1ccccc1)C(CCOCc1ccccc1)OCc1ccccc1. The Labute approximate surface area is 180 Å². The van der Waals surface area contributed by atoms with E-state index < -0.39 is 0 Å². The number of rotatable bonds is 13. The molecule has 0 N–H and O–H groups in total. The second-order valence-corrected chi connectivity index (χ2v) is 7.41. The van der Waals surface area contributed by atoms with Gasteiger partial charge in [0.15, 0.2) is 0 Å². The van der Waals surface area contributed by atoms with Gasteiger partial charge in [0.25, 0.3) is 0 Å². The molecule has 0 aliphatic heterocycles. The minimum Gasteiger partial charge on any atom is -0.377 e. The lowest BCUT2D eigenvalue weighted by atomic mass is 10.1. The molecule has 0 saturated carbocycles. The van der Waals surface area contributed by atoms with Crippen LogP contribution in [0.3, 0.4) is 0 Å². The van der Waals surface area contributed by atoms with E-state index in [1.54, 1.807) is 0 Å². The number of hydrogen-bond donors (Lipinski definition) is 0. The predicted molar refractivity (Wildman–Crippen MR) is 121 cm³/mol. The summed E-state index contributed by atoms with van der Waals surface area (Å²) in [6.45, 7) is 4.58. The molecule has 0 bridgehead atoms. The number of hydrogen-bond acceptors (Lipinski definition) is 3. The van der Waals surface area contributed by atoms with Gasteiger partial charge in [-0.3, -0.25) is 0 Å². The molecule has 3 nitrogen and oxygen atoms in total. The molecule has 0 aliphatic carbocycles. The van der Waals surface area contributed by atoms with E-state index in [-0.39, 0.29) is 12.2 Å². The second kappa shape index (κ2) is 13.0. The van der Waals surface area contributed by atoms with Gasteiger partial charge in [0.1, 0.15) is 0 Å². The van der Waals surface area contributed by atoms with E-state index in [2.05, 4.69) is 43.3 Å². The van der Waals surface area contributed by atoms with Gasteiger partial charge in [-0.05, 0) is 29.5 Å². The Morgan fingerprint density at radius 2 is 1.00 bits per heavy atom. The smallest absolute Gasteiger partial charge is 0.0863 e. The molecule has 0 radical (unpaired) electrons. The van der Waals surface area contributed by atoms with E-state index in [1.165, 1.54) is 16.7 Å². The van der Waals surface area contributed by atoms with E-state index in [4.69, 9.17) is 14.2 Å². The molecule has 2 unspecified atom stereocenters. The van der Waals surface area contributed by atoms with Crippen LogP contribution in [-0.2, 0) is 34.0 Å². The van der Waals surface area contributed by atoms with Crippen molar-refractivity contribution in [3.8, 4) is 0 Å². The average Bonchev–Trinajstić information content (AvgIpc) is 2.82. The summed E-state index contributed by atoms with van der Waals surface area (Å²) < 4.78 is 18.5. The van der Waals surface area contributed by atoms with E-state index >= 15 is 0 Å². The van der Waals surface area contributed by atoms with Crippen LogP contribution in [0, 0.1) is 0 Å². The first-order chi connectivity index (χ1) is 14.8. The molecular weight excluding hydrogens is 372 g/mol. The standard InChI is InChI=1S/C27H32O3/c1-2-26(29-21-24-14-8-4-9-15-24)27(30-22-25-16-10-5-11-17-25)18-19-28-20-23-12-6-3-7-13-23/h3-17,26-27H,2,18-22H2,1H3. The lowest BCUT2D eigenvalue weighted by Gasteiger charge is -2.27. The van der Waals surface area contributed by atoms with Crippen LogP contribution >= 0.6 is 0 Å². The Bertz CT molecular complexity index is 805. The van der Waals surface area contributed by atoms with Gasteiger partial charge in [0, 0.05) is 6.61 Å². The first-order valence-electron chi connectivity index (χ1n) is 10.8. The van der Waals surface area contributed by atoms with Crippen LogP contribution in [0.1, 0.15) is 36.5 Å². The molecule has 0 saturated heterocycles. The van der Waals surface area contributed by atoms with Crippen LogP contribution in [0.15, 0.2) is 91.0 Å². The normalized spacial score (nSPS) is 13.1. The molecule has 3 heteroatoms.